The van der Waals surface area contributed by atoms with Crippen LogP contribution in [0.1, 0.15) is 27.2 Å². The molecule has 0 aliphatic carbocycles. The molecule has 4 nitrogen and oxygen atoms in total. The fraction of sp³-hybridized carbons (Fsp3) is 0.900. The second-order valence-electron chi connectivity index (χ2n) is 4.56. The van der Waals surface area contributed by atoms with Crippen molar-refractivity contribution in [3.05, 3.63) is 0 Å². The van der Waals surface area contributed by atoms with Crippen molar-refractivity contribution in [3.63, 3.8) is 0 Å². The van der Waals surface area contributed by atoms with Crippen LogP contribution in [0.4, 0.5) is 0 Å². The van der Waals surface area contributed by atoms with Gasteiger partial charge in [0.25, 0.3) is 0 Å². The third-order valence-corrected chi connectivity index (χ3v) is 3.20. The minimum Gasteiger partial charge on any atom is -0.368 e. The lowest BCUT2D eigenvalue weighted by Crippen LogP contribution is -2.53. The SMILES string of the molecule is CC1CC(C)N(C(C)C(N)C(N)=O)C1. The van der Waals surface area contributed by atoms with E-state index in [0.29, 0.717) is 12.0 Å². The summed E-state index contributed by atoms with van der Waals surface area (Å²) in [4.78, 5) is 13.2. The molecule has 1 saturated heterocycles. The zero-order valence-corrected chi connectivity index (χ0v) is 9.23. The first-order valence-electron chi connectivity index (χ1n) is 5.24. The third kappa shape index (κ3) is 2.25. The summed E-state index contributed by atoms with van der Waals surface area (Å²) in [7, 11) is 0. The maximum absolute atomic E-state index is 11.0. The molecule has 1 fully saturated rings. The van der Waals surface area contributed by atoms with Gasteiger partial charge in [0.15, 0.2) is 0 Å². The van der Waals surface area contributed by atoms with E-state index in [0.717, 1.165) is 6.54 Å². The molecule has 14 heavy (non-hydrogen) atoms. The molecule has 1 heterocycles. The van der Waals surface area contributed by atoms with Crippen LogP contribution in [0.15, 0.2) is 0 Å². The van der Waals surface area contributed by atoms with Crippen molar-refractivity contribution in [2.24, 2.45) is 17.4 Å². The van der Waals surface area contributed by atoms with Crippen molar-refractivity contribution in [1.82, 2.24) is 4.90 Å². The fourth-order valence-electron chi connectivity index (χ4n) is 2.34. The Balaban J connectivity index is 2.60. The summed E-state index contributed by atoms with van der Waals surface area (Å²) in [6.07, 6.45) is 1.18. The number of hydrogen-bond donors (Lipinski definition) is 2. The van der Waals surface area contributed by atoms with Gasteiger partial charge in [-0.15, -0.1) is 0 Å². The summed E-state index contributed by atoms with van der Waals surface area (Å²) < 4.78 is 0. The van der Waals surface area contributed by atoms with Crippen LogP contribution in [0.5, 0.6) is 0 Å². The van der Waals surface area contributed by atoms with Gasteiger partial charge in [-0.1, -0.05) is 6.92 Å². The lowest BCUT2D eigenvalue weighted by molar-refractivity contribution is -0.120. The zero-order chi connectivity index (χ0) is 10.9. The van der Waals surface area contributed by atoms with Crippen LogP contribution < -0.4 is 11.5 Å². The Morgan fingerprint density at radius 2 is 2.07 bits per heavy atom. The lowest BCUT2D eigenvalue weighted by atomic mass is 10.1. The molecule has 0 bridgehead atoms. The molecule has 4 N–H and O–H groups in total. The number of rotatable bonds is 3. The van der Waals surface area contributed by atoms with E-state index in [2.05, 4.69) is 18.7 Å². The highest BCUT2D eigenvalue weighted by Crippen LogP contribution is 2.25. The number of amides is 1. The maximum Gasteiger partial charge on any atom is 0.235 e. The van der Waals surface area contributed by atoms with Crippen molar-refractivity contribution in [2.75, 3.05) is 6.54 Å². The summed E-state index contributed by atoms with van der Waals surface area (Å²) >= 11 is 0. The van der Waals surface area contributed by atoms with Crippen LogP contribution in [0, 0.1) is 5.92 Å². The van der Waals surface area contributed by atoms with E-state index in [9.17, 15) is 4.79 Å². The number of nitrogens with zero attached hydrogens (tertiary/aromatic N) is 1. The highest BCUT2D eigenvalue weighted by molar-refractivity contribution is 5.80. The molecule has 1 amide bonds. The van der Waals surface area contributed by atoms with E-state index in [4.69, 9.17) is 11.5 Å². The molecule has 0 saturated carbocycles. The number of primary amides is 1. The summed E-state index contributed by atoms with van der Waals surface area (Å²) in [5, 5.41) is 0. The standard InChI is InChI=1S/C10H21N3O/c1-6-4-7(2)13(5-6)8(3)9(11)10(12)14/h6-9H,4-5,11H2,1-3H3,(H2,12,14). The van der Waals surface area contributed by atoms with Crippen molar-refractivity contribution in [3.8, 4) is 0 Å². The van der Waals surface area contributed by atoms with Crippen LogP contribution >= 0.6 is 0 Å². The van der Waals surface area contributed by atoms with Gasteiger partial charge in [-0.25, -0.2) is 0 Å². The van der Waals surface area contributed by atoms with Gasteiger partial charge in [0, 0.05) is 18.6 Å². The van der Waals surface area contributed by atoms with Gasteiger partial charge in [0.05, 0.1) is 6.04 Å². The first-order chi connectivity index (χ1) is 6.43. The van der Waals surface area contributed by atoms with Crippen molar-refractivity contribution >= 4 is 5.91 Å². The number of carbonyl (C=O) groups is 1. The smallest absolute Gasteiger partial charge is 0.235 e. The average Bonchev–Trinajstić information content (AvgIpc) is 2.42. The maximum atomic E-state index is 11.0. The molecule has 1 aliphatic rings. The van der Waals surface area contributed by atoms with Gasteiger partial charge < -0.3 is 11.5 Å². The predicted octanol–water partition coefficient (Wildman–Crippen LogP) is -0.0822. The number of carbonyl (C=O) groups excluding carboxylic acids is 1. The predicted molar refractivity (Wildman–Crippen MR) is 56.6 cm³/mol. The Kier molecular flexibility index (Phi) is 3.50. The number of hydrogen-bond acceptors (Lipinski definition) is 3. The summed E-state index contributed by atoms with van der Waals surface area (Å²) in [6, 6.07) is 0.000556. The molecule has 4 heteroatoms. The van der Waals surface area contributed by atoms with Gasteiger partial charge in [-0.3, -0.25) is 9.69 Å². The molecule has 4 atom stereocenters. The summed E-state index contributed by atoms with van der Waals surface area (Å²) in [5.74, 6) is 0.275. The molecule has 0 aromatic carbocycles. The normalized spacial score (nSPS) is 32.9. The van der Waals surface area contributed by atoms with Crippen LogP contribution in [0.25, 0.3) is 0 Å². The first kappa shape index (κ1) is 11.5. The molecule has 4 unspecified atom stereocenters. The van der Waals surface area contributed by atoms with Gasteiger partial charge in [-0.2, -0.15) is 0 Å². The van der Waals surface area contributed by atoms with Crippen molar-refractivity contribution in [1.29, 1.82) is 0 Å². The molecule has 1 rings (SSSR count). The van der Waals surface area contributed by atoms with E-state index in [1.54, 1.807) is 0 Å². The third-order valence-electron chi connectivity index (χ3n) is 3.20. The Morgan fingerprint density at radius 1 is 1.50 bits per heavy atom. The lowest BCUT2D eigenvalue weighted by Gasteiger charge is -2.31. The van der Waals surface area contributed by atoms with Gasteiger partial charge >= 0.3 is 0 Å². The molecule has 82 valence electrons. The largest absolute Gasteiger partial charge is 0.368 e. The van der Waals surface area contributed by atoms with E-state index in [1.165, 1.54) is 6.42 Å². The molecule has 0 radical (unpaired) electrons. The van der Waals surface area contributed by atoms with Crippen LogP contribution in [0.3, 0.4) is 0 Å². The zero-order valence-electron chi connectivity index (χ0n) is 9.23. The quantitative estimate of drug-likeness (QED) is 0.667. The Morgan fingerprint density at radius 3 is 2.43 bits per heavy atom. The van der Waals surface area contributed by atoms with Gasteiger partial charge in [0.2, 0.25) is 5.91 Å². The number of likely N-dealkylation sites (tertiary alicyclic amines) is 1. The van der Waals surface area contributed by atoms with Crippen molar-refractivity contribution in [2.45, 2.75) is 45.3 Å². The minimum atomic E-state index is -0.553. The van der Waals surface area contributed by atoms with E-state index >= 15 is 0 Å². The summed E-state index contributed by atoms with van der Waals surface area (Å²) in [5.41, 5.74) is 10.9. The molecule has 0 aromatic heterocycles. The molecular weight excluding hydrogens is 178 g/mol. The highest BCUT2D eigenvalue weighted by atomic mass is 16.1. The fourth-order valence-corrected chi connectivity index (χ4v) is 2.34. The Hall–Kier alpha value is -0.610. The molecule has 0 aromatic rings. The van der Waals surface area contributed by atoms with Gasteiger partial charge in [-0.05, 0) is 26.2 Å². The van der Waals surface area contributed by atoms with Crippen molar-refractivity contribution < 1.29 is 4.79 Å². The highest BCUT2D eigenvalue weighted by Gasteiger charge is 2.33. The van der Waals surface area contributed by atoms with Crippen LogP contribution in [0.2, 0.25) is 0 Å². The van der Waals surface area contributed by atoms with Crippen LogP contribution in [-0.4, -0.2) is 35.5 Å². The summed E-state index contributed by atoms with van der Waals surface area (Å²) in [6.45, 7) is 7.39. The first-order valence-corrected chi connectivity index (χ1v) is 5.24. The minimum absolute atomic E-state index is 0.0486. The van der Waals surface area contributed by atoms with Gasteiger partial charge in [0.1, 0.15) is 0 Å². The van der Waals surface area contributed by atoms with E-state index in [1.807, 2.05) is 6.92 Å². The van der Waals surface area contributed by atoms with Crippen LogP contribution in [-0.2, 0) is 4.79 Å². The molecular formula is C10H21N3O. The Labute approximate surface area is 85.6 Å². The second kappa shape index (κ2) is 4.28. The topological polar surface area (TPSA) is 72.3 Å². The molecule has 1 aliphatic heterocycles. The average molecular weight is 199 g/mol. The monoisotopic (exact) mass is 199 g/mol. The number of nitrogens with two attached hydrogens (primary N) is 2. The van der Waals surface area contributed by atoms with E-state index < -0.39 is 11.9 Å². The molecule has 0 spiro atoms. The van der Waals surface area contributed by atoms with E-state index in [-0.39, 0.29) is 6.04 Å². The second-order valence-corrected chi connectivity index (χ2v) is 4.56. The Bertz CT molecular complexity index is 219.